The van der Waals surface area contributed by atoms with Crippen LogP contribution in [0.4, 0.5) is 4.39 Å². The number of hydrogen-bond donors (Lipinski definition) is 2. The van der Waals surface area contributed by atoms with Crippen molar-refractivity contribution >= 4 is 5.97 Å². The van der Waals surface area contributed by atoms with Crippen molar-refractivity contribution in [3.05, 3.63) is 29.3 Å². The van der Waals surface area contributed by atoms with Crippen LogP contribution in [0.15, 0.2) is 18.2 Å². The molecule has 0 aliphatic carbocycles. The maximum absolute atomic E-state index is 13.0. The van der Waals surface area contributed by atoms with Gasteiger partial charge in [-0.15, -0.1) is 0 Å². The maximum Gasteiger partial charge on any atom is 0.310 e. The molecule has 0 heterocycles. The standard InChI is InChI=1S/C11H13FO3/c1-6(11(14)15)8-3-4-10(13)9(5-8)7(2)12/h3-7,13H,1-2H3,(H,14,15). The summed E-state index contributed by atoms with van der Waals surface area (Å²) in [5.41, 5.74) is 0.611. The van der Waals surface area contributed by atoms with E-state index in [4.69, 9.17) is 5.11 Å². The van der Waals surface area contributed by atoms with Gasteiger partial charge in [-0.1, -0.05) is 6.07 Å². The number of alkyl halides is 1. The number of hydrogen-bond acceptors (Lipinski definition) is 2. The molecule has 2 N–H and O–H groups in total. The SMILES string of the molecule is CC(F)c1cc(C(C)C(=O)O)ccc1O. The van der Waals surface area contributed by atoms with Crippen LogP contribution < -0.4 is 0 Å². The maximum atomic E-state index is 13.0. The summed E-state index contributed by atoms with van der Waals surface area (Å²) in [5, 5.41) is 18.1. The minimum atomic E-state index is -1.31. The molecule has 0 saturated heterocycles. The van der Waals surface area contributed by atoms with Gasteiger partial charge in [0.25, 0.3) is 0 Å². The smallest absolute Gasteiger partial charge is 0.310 e. The Morgan fingerprint density at radius 2 is 2.00 bits per heavy atom. The number of carbonyl (C=O) groups is 1. The van der Waals surface area contributed by atoms with Crippen LogP contribution in [0.5, 0.6) is 5.75 Å². The number of aliphatic carboxylic acids is 1. The Hall–Kier alpha value is -1.58. The lowest BCUT2D eigenvalue weighted by atomic mass is 9.97. The van der Waals surface area contributed by atoms with Crippen LogP contribution in [0.2, 0.25) is 0 Å². The molecule has 15 heavy (non-hydrogen) atoms. The first-order valence-electron chi connectivity index (χ1n) is 4.63. The summed E-state index contributed by atoms with van der Waals surface area (Å²) in [6.07, 6.45) is -1.31. The highest BCUT2D eigenvalue weighted by molar-refractivity contribution is 5.75. The summed E-state index contributed by atoms with van der Waals surface area (Å²) in [7, 11) is 0. The normalized spacial score (nSPS) is 14.6. The first-order valence-corrected chi connectivity index (χ1v) is 4.63. The molecule has 0 aromatic heterocycles. The highest BCUT2D eigenvalue weighted by Crippen LogP contribution is 2.29. The van der Waals surface area contributed by atoms with Gasteiger partial charge in [0, 0.05) is 5.56 Å². The van der Waals surface area contributed by atoms with E-state index in [0.717, 1.165) is 0 Å². The van der Waals surface area contributed by atoms with Crippen LogP contribution >= 0.6 is 0 Å². The second kappa shape index (κ2) is 4.29. The van der Waals surface area contributed by atoms with Gasteiger partial charge >= 0.3 is 5.97 Å². The van der Waals surface area contributed by atoms with Gasteiger partial charge in [-0.05, 0) is 31.5 Å². The zero-order valence-electron chi connectivity index (χ0n) is 8.57. The Kier molecular flexibility index (Phi) is 3.29. The fourth-order valence-electron chi connectivity index (χ4n) is 1.30. The van der Waals surface area contributed by atoms with Crippen molar-refractivity contribution < 1.29 is 19.4 Å². The van der Waals surface area contributed by atoms with E-state index in [2.05, 4.69) is 0 Å². The number of rotatable bonds is 3. The molecule has 0 fully saturated rings. The summed E-state index contributed by atoms with van der Waals surface area (Å²) >= 11 is 0. The Morgan fingerprint density at radius 1 is 1.40 bits per heavy atom. The Balaban J connectivity index is 3.13. The van der Waals surface area contributed by atoms with E-state index in [9.17, 15) is 14.3 Å². The van der Waals surface area contributed by atoms with Crippen LogP contribution in [0.25, 0.3) is 0 Å². The van der Waals surface area contributed by atoms with Crippen LogP contribution in [-0.2, 0) is 4.79 Å². The number of aromatic hydroxyl groups is 1. The predicted molar refractivity (Wildman–Crippen MR) is 53.7 cm³/mol. The van der Waals surface area contributed by atoms with E-state index < -0.39 is 18.1 Å². The highest BCUT2D eigenvalue weighted by Gasteiger charge is 2.17. The van der Waals surface area contributed by atoms with Crippen molar-refractivity contribution in [1.29, 1.82) is 0 Å². The Morgan fingerprint density at radius 3 is 2.47 bits per heavy atom. The Labute approximate surface area is 87.2 Å². The molecule has 2 unspecified atom stereocenters. The van der Waals surface area contributed by atoms with E-state index in [1.54, 1.807) is 0 Å². The van der Waals surface area contributed by atoms with Gasteiger partial charge in [0.15, 0.2) is 0 Å². The molecule has 0 saturated carbocycles. The van der Waals surface area contributed by atoms with Crippen LogP contribution in [0, 0.1) is 0 Å². The summed E-state index contributed by atoms with van der Waals surface area (Å²) in [4.78, 5) is 10.7. The summed E-state index contributed by atoms with van der Waals surface area (Å²) in [6.45, 7) is 2.81. The second-order valence-electron chi connectivity index (χ2n) is 3.49. The van der Waals surface area contributed by atoms with Gasteiger partial charge in [0.05, 0.1) is 5.92 Å². The zero-order valence-corrected chi connectivity index (χ0v) is 8.57. The van der Waals surface area contributed by atoms with E-state index >= 15 is 0 Å². The molecule has 1 aromatic carbocycles. The molecule has 0 aliphatic rings. The molecular formula is C11H13FO3. The molecule has 0 radical (unpaired) electrons. The minimum absolute atomic E-state index is 0.126. The van der Waals surface area contributed by atoms with Gasteiger partial charge in [-0.2, -0.15) is 0 Å². The van der Waals surface area contributed by atoms with E-state index in [1.807, 2.05) is 0 Å². The largest absolute Gasteiger partial charge is 0.508 e. The van der Waals surface area contributed by atoms with Crippen LogP contribution in [-0.4, -0.2) is 16.2 Å². The summed E-state index contributed by atoms with van der Waals surface area (Å²) < 4.78 is 13.0. The number of phenolic OH excluding ortho intramolecular Hbond substituents is 1. The molecule has 3 nitrogen and oxygen atoms in total. The minimum Gasteiger partial charge on any atom is -0.508 e. The van der Waals surface area contributed by atoms with Crippen molar-refractivity contribution in [2.45, 2.75) is 25.9 Å². The lowest BCUT2D eigenvalue weighted by molar-refractivity contribution is -0.138. The Bertz CT molecular complexity index is 374. The number of carboxylic acids is 1. The average Bonchev–Trinajstić information content (AvgIpc) is 2.16. The van der Waals surface area contributed by atoms with Gasteiger partial charge in [-0.3, -0.25) is 4.79 Å². The monoisotopic (exact) mass is 212 g/mol. The van der Waals surface area contributed by atoms with Gasteiger partial charge in [0.1, 0.15) is 11.9 Å². The number of benzene rings is 1. The van der Waals surface area contributed by atoms with Crippen molar-refractivity contribution in [3.63, 3.8) is 0 Å². The van der Waals surface area contributed by atoms with Gasteiger partial charge in [-0.25, -0.2) is 4.39 Å². The quantitative estimate of drug-likeness (QED) is 0.809. The van der Waals surface area contributed by atoms with Crippen LogP contribution in [0.1, 0.15) is 37.1 Å². The molecule has 0 bridgehead atoms. The molecule has 0 spiro atoms. The molecule has 4 heteroatoms. The molecule has 0 aliphatic heterocycles. The molecule has 2 atom stereocenters. The lowest BCUT2D eigenvalue weighted by Crippen LogP contribution is -2.07. The number of halogens is 1. The molecular weight excluding hydrogens is 199 g/mol. The second-order valence-corrected chi connectivity index (χ2v) is 3.49. The fraction of sp³-hybridized carbons (Fsp3) is 0.364. The molecule has 1 rings (SSSR count). The topological polar surface area (TPSA) is 57.5 Å². The fourth-order valence-corrected chi connectivity index (χ4v) is 1.30. The summed E-state index contributed by atoms with van der Waals surface area (Å²) in [6, 6.07) is 4.19. The predicted octanol–water partition coefficient (Wildman–Crippen LogP) is 2.61. The van der Waals surface area contributed by atoms with Gasteiger partial charge < -0.3 is 10.2 Å². The molecule has 1 aromatic rings. The number of carboxylic acid groups (broad SMARTS) is 1. The summed E-state index contributed by atoms with van der Waals surface area (Å²) in [5.74, 6) is -1.83. The third kappa shape index (κ3) is 2.46. The van der Waals surface area contributed by atoms with E-state index in [0.29, 0.717) is 5.56 Å². The van der Waals surface area contributed by atoms with Gasteiger partial charge in [0.2, 0.25) is 0 Å². The molecule has 0 amide bonds. The van der Waals surface area contributed by atoms with Crippen LogP contribution in [0.3, 0.4) is 0 Å². The first-order chi connectivity index (χ1) is 6.93. The zero-order chi connectivity index (χ0) is 11.6. The van der Waals surface area contributed by atoms with Crippen molar-refractivity contribution in [2.75, 3.05) is 0 Å². The van der Waals surface area contributed by atoms with Crippen molar-refractivity contribution in [1.82, 2.24) is 0 Å². The van der Waals surface area contributed by atoms with E-state index in [-0.39, 0.29) is 11.3 Å². The third-order valence-electron chi connectivity index (χ3n) is 2.35. The average molecular weight is 212 g/mol. The number of phenols is 1. The molecule has 82 valence electrons. The third-order valence-corrected chi connectivity index (χ3v) is 2.35. The van der Waals surface area contributed by atoms with Crippen molar-refractivity contribution in [3.8, 4) is 5.75 Å². The van der Waals surface area contributed by atoms with E-state index in [1.165, 1.54) is 32.0 Å². The first kappa shape index (κ1) is 11.5. The lowest BCUT2D eigenvalue weighted by Gasteiger charge is -2.11. The van der Waals surface area contributed by atoms with Crippen molar-refractivity contribution in [2.24, 2.45) is 0 Å². The highest BCUT2D eigenvalue weighted by atomic mass is 19.1.